The van der Waals surface area contributed by atoms with Crippen molar-refractivity contribution < 1.29 is 49.3 Å². The second-order valence-corrected chi connectivity index (χ2v) is 9.09. The van der Waals surface area contributed by atoms with Crippen LogP contribution >= 0.6 is 0 Å². The van der Waals surface area contributed by atoms with Gasteiger partial charge in [-0.15, -0.1) is 0 Å². The maximum atomic E-state index is 13.2. The molecule has 1 aliphatic heterocycles. The number of carbonyl (C=O) groups is 2. The largest absolute Gasteiger partial charge is 0.490 e. The summed E-state index contributed by atoms with van der Waals surface area (Å²) < 4.78 is 16.5. The van der Waals surface area contributed by atoms with Crippen LogP contribution in [-0.4, -0.2) is 93.8 Å². The van der Waals surface area contributed by atoms with Crippen LogP contribution in [0.25, 0.3) is 0 Å². The normalized spacial score (nSPS) is 24.0. The number of ether oxygens (including phenoxy) is 3. The van der Waals surface area contributed by atoms with E-state index < -0.39 is 42.8 Å². The zero-order valence-electron chi connectivity index (χ0n) is 21.1. The molecule has 0 aromatic heterocycles. The molecule has 1 unspecified atom stereocenters. The molecule has 6 atom stereocenters. The average molecular weight is 534 g/mol. The fourth-order valence-corrected chi connectivity index (χ4v) is 3.94. The standard InChI is InChI=1S/C27H35NO10/c1-2-12-28-14-17(29)15-36-21-11-9-18(13-19(21)20(30)10-8-16-6-4-3-5-7-16)37-27-24(33)22(31)23(32)25(38-27)26(34)35/h3-7,9,11,13,17,22-25,27-29,31-33H,2,8,10,12,14-15H2,1H3,(H,34,35)/t17?,22-,23-,24+,25-,27+/m0/s1. The van der Waals surface area contributed by atoms with Gasteiger partial charge < -0.3 is 45.1 Å². The molecule has 1 fully saturated rings. The predicted molar refractivity (Wildman–Crippen MR) is 135 cm³/mol. The summed E-state index contributed by atoms with van der Waals surface area (Å²) in [5.41, 5.74) is 1.13. The van der Waals surface area contributed by atoms with E-state index in [2.05, 4.69) is 5.32 Å². The number of hydrogen-bond acceptors (Lipinski definition) is 10. The van der Waals surface area contributed by atoms with Crippen LogP contribution in [0.15, 0.2) is 48.5 Å². The molecule has 11 nitrogen and oxygen atoms in total. The van der Waals surface area contributed by atoms with Crippen LogP contribution in [0.2, 0.25) is 0 Å². The second-order valence-electron chi connectivity index (χ2n) is 9.09. The van der Waals surface area contributed by atoms with Crippen LogP contribution in [0.1, 0.15) is 35.7 Å². The van der Waals surface area contributed by atoms with Gasteiger partial charge in [0.05, 0.1) is 5.56 Å². The quantitative estimate of drug-likeness (QED) is 0.147. The van der Waals surface area contributed by atoms with E-state index in [0.29, 0.717) is 13.0 Å². The third-order valence-electron chi connectivity index (χ3n) is 6.04. The maximum Gasteiger partial charge on any atom is 0.335 e. The van der Waals surface area contributed by atoms with Crippen LogP contribution in [0, 0.1) is 0 Å². The Hall–Kier alpha value is -3.06. The Bertz CT molecular complexity index is 1050. The monoisotopic (exact) mass is 533 g/mol. The molecule has 0 bridgehead atoms. The Labute approximate surface area is 220 Å². The molecule has 2 aromatic carbocycles. The Balaban J connectivity index is 1.78. The number of Topliss-reactive ketones (excluding diaryl/α,β-unsaturated/α-hetero) is 1. The van der Waals surface area contributed by atoms with E-state index in [4.69, 9.17) is 14.2 Å². The van der Waals surface area contributed by atoms with E-state index in [1.165, 1.54) is 18.2 Å². The lowest BCUT2D eigenvalue weighted by Gasteiger charge is -2.38. The first-order valence-corrected chi connectivity index (χ1v) is 12.5. The van der Waals surface area contributed by atoms with Crippen molar-refractivity contribution in [2.24, 2.45) is 0 Å². The summed E-state index contributed by atoms with van der Waals surface area (Å²) in [5.74, 6) is -1.54. The number of aliphatic hydroxyl groups is 4. The smallest absolute Gasteiger partial charge is 0.335 e. The fraction of sp³-hybridized carbons (Fsp3) is 0.481. The predicted octanol–water partition coefficient (Wildman–Crippen LogP) is 0.512. The number of ketones is 1. The van der Waals surface area contributed by atoms with Gasteiger partial charge in [-0.1, -0.05) is 37.3 Å². The summed E-state index contributed by atoms with van der Waals surface area (Å²) in [6, 6.07) is 13.7. The SMILES string of the molecule is CCCNCC(O)COc1ccc(O[C@@H]2O[C@H](C(=O)O)[C@@H](O)[C@H](O)[C@H]2O)cc1C(=O)CCc1ccccc1. The highest BCUT2D eigenvalue weighted by Crippen LogP contribution is 2.30. The molecule has 11 heteroatoms. The van der Waals surface area contributed by atoms with E-state index in [0.717, 1.165) is 18.5 Å². The summed E-state index contributed by atoms with van der Waals surface area (Å²) in [7, 11) is 0. The molecule has 0 spiro atoms. The molecular weight excluding hydrogens is 498 g/mol. The third kappa shape index (κ3) is 7.97. The number of benzene rings is 2. The maximum absolute atomic E-state index is 13.2. The summed E-state index contributed by atoms with van der Waals surface area (Å²) in [4.78, 5) is 24.6. The Morgan fingerprint density at radius 1 is 1.05 bits per heavy atom. The first-order chi connectivity index (χ1) is 18.2. The molecule has 0 aliphatic carbocycles. The van der Waals surface area contributed by atoms with Gasteiger partial charge in [-0.25, -0.2) is 4.79 Å². The molecule has 38 heavy (non-hydrogen) atoms. The number of carboxylic acid groups (broad SMARTS) is 1. The summed E-state index contributed by atoms with van der Waals surface area (Å²) in [6.07, 6.45) is -8.15. The van der Waals surface area contributed by atoms with E-state index >= 15 is 0 Å². The van der Waals surface area contributed by atoms with Gasteiger partial charge in [0.25, 0.3) is 0 Å². The van der Waals surface area contributed by atoms with Crippen molar-refractivity contribution in [3.63, 3.8) is 0 Å². The molecule has 3 rings (SSSR count). The van der Waals surface area contributed by atoms with Crippen molar-refractivity contribution in [3.8, 4) is 11.5 Å². The minimum atomic E-state index is -1.86. The number of carbonyl (C=O) groups excluding carboxylic acids is 1. The Morgan fingerprint density at radius 2 is 1.79 bits per heavy atom. The van der Waals surface area contributed by atoms with Crippen LogP contribution in [0.3, 0.4) is 0 Å². The Kier molecular flexibility index (Phi) is 11.0. The molecule has 0 amide bonds. The van der Waals surface area contributed by atoms with Gasteiger partial charge in [-0.05, 0) is 43.1 Å². The highest BCUT2D eigenvalue weighted by molar-refractivity contribution is 5.99. The topological polar surface area (TPSA) is 175 Å². The van der Waals surface area contributed by atoms with Gasteiger partial charge in [0.2, 0.25) is 6.29 Å². The van der Waals surface area contributed by atoms with E-state index in [9.17, 15) is 35.1 Å². The lowest BCUT2D eigenvalue weighted by molar-refractivity contribution is -0.271. The van der Waals surface area contributed by atoms with Crippen LogP contribution in [-0.2, 0) is 16.0 Å². The van der Waals surface area contributed by atoms with Crippen molar-refractivity contribution in [3.05, 3.63) is 59.7 Å². The first kappa shape index (κ1) is 29.5. The van der Waals surface area contributed by atoms with Crippen molar-refractivity contribution in [2.45, 2.75) is 63.0 Å². The summed E-state index contributed by atoms with van der Waals surface area (Å²) in [5, 5.41) is 52.7. The van der Waals surface area contributed by atoms with Crippen molar-refractivity contribution in [2.75, 3.05) is 19.7 Å². The van der Waals surface area contributed by atoms with Gasteiger partial charge in [-0.3, -0.25) is 4.79 Å². The molecule has 0 radical (unpaired) electrons. The van der Waals surface area contributed by atoms with Gasteiger partial charge in [0.1, 0.15) is 42.5 Å². The van der Waals surface area contributed by atoms with E-state index in [1.807, 2.05) is 37.3 Å². The van der Waals surface area contributed by atoms with Gasteiger partial charge in [-0.2, -0.15) is 0 Å². The number of aryl methyl sites for hydroxylation is 1. The molecular formula is C27H35NO10. The molecule has 208 valence electrons. The van der Waals surface area contributed by atoms with Crippen molar-refractivity contribution >= 4 is 11.8 Å². The lowest BCUT2D eigenvalue weighted by Crippen LogP contribution is -2.61. The first-order valence-electron chi connectivity index (χ1n) is 12.5. The van der Waals surface area contributed by atoms with Gasteiger partial charge in [0, 0.05) is 13.0 Å². The van der Waals surface area contributed by atoms with Crippen molar-refractivity contribution in [1.29, 1.82) is 0 Å². The average Bonchev–Trinajstić information content (AvgIpc) is 2.91. The molecule has 0 saturated carbocycles. The molecule has 1 saturated heterocycles. The molecule has 6 N–H and O–H groups in total. The minimum absolute atomic E-state index is 0.0438. The number of aliphatic carboxylic acids is 1. The number of carboxylic acids is 1. The number of rotatable bonds is 14. The minimum Gasteiger partial charge on any atom is -0.490 e. The molecule has 1 heterocycles. The highest BCUT2D eigenvalue weighted by Gasteiger charge is 2.48. The molecule has 1 aliphatic rings. The highest BCUT2D eigenvalue weighted by atomic mass is 16.7. The lowest BCUT2D eigenvalue weighted by atomic mass is 9.99. The van der Waals surface area contributed by atoms with Crippen molar-refractivity contribution in [1.82, 2.24) is 5.32 Å². The van der Waals surface area contributed by atoms with Gasteiger partial charge >= 0.3 is 5.97 Å². The van der Waals surface area contributed by atoms with Crippen LogP contribution < -0.4 is 14.8 Å². The summed E-state index contributed by atoms with van der Waals surface area (Å²) >= 11 is 0. The van der Waals surface area contributed by atoms with E-state index in [1.54, 1.807) is 0 Å². The fourth-order valence-electron chi connectivity index (χ4n) is 3.94. The van der Waals surface area contributed by atoms with Crippen LogP contribution in [0.4, 0.5) is 0 Å². The Morgan fingerprint density at radius 3 is 2.47 bits per heavy atom. The van der Waals surface area contributed by atoms with Gasteiger partial charge in [0.15, 0.2) is 11.9 Å². The number of hydrogen-bond donors (Lipinski definition) is 6. The number of aliphatic hydroxyl groups excluding tert-OH is 4. The summed E-state index contributed by atoms with van der Waals surface area (Å²) in [6.45, 7) is 3.01. The van der Waals surface area contributed by atoms with E-state index in [-0.39, 0.29) is 35.9 Å². The zero-order chi connectivity index (χ0) is 27.7. The number of nitrogens with one attached hydrogen (secondary N) is 1. The zero-order valence-corrected chi connectivity index (χ0v) is 21.1. The van der Waals surface area contributed by atoms with Crippen LogP contribution in [0.5, 0.6) is 11.5 Å². The second kappa shape index (κ2) is 14.2. The third-order valence-corrected chi connectivity index (χ3v) is 6.04. The molecule has 2 aromatic rings.